The van der Waals surface area contributed by atoms with E-state index in [1.165, 1.54) is 12.1 Å². The molecule has 0 saturated carbocycles. The summed E-state index contributed by atoms with van der Waals surface area (Å²) in [6, 6.07) is 16.8. The van der Waals surface area contributed by atoms with Crippen molar-refractivity contribution in [1.82, 2.24) is 5.48 Å². The van der Waals surface area contributed by atoms with Gasteiger partial charge in [0, 0.05) is 11.1 Å². The molecule has 0 heterocycles. The zero-order valence-electron chi connectivity index (χ0n) is 13.9. The predicted octanol–water partition coefficient (Wildman–Crippen LogP) is 5.21. The molecule has 0 aromatic heterocycles. The van der Waals surface area contributed by atoms with Crippen molar-refractivity contribution in [2.75, 3.05) is 0 Å². The Morgan fingerprint density at radius 2 is 1.77 bits per heavy atom. The summed E-state index contributed by atoms with van der Waals surface area (Å²) >= 11 is 3.00. The number of aromatic hydroxyl groups is 1. The standard InChI is InChI=1S/C20H16BrFN2O2/c1-12-5-8-14(22)11-18(12)19-16(13-6-9-15(25)10-7-13)3-2-4-17(19)20(23-21)24-26/h2-11,25-26H,1H3,(H,23,24). The summed E-state index contributed by atoms with van der Waals surface area (Å²) in [6.45, 7) is 1.89. The third-order valence-corrected chi connectivity index (χ3v) is 4.51. The first-order chi connectivity index (χ1) is 12.5. The number of amidine groups is 1. The number of phenolic OH excluding ortho intramolecular Hbond substituents is 1. The summed E-state index contributed by atoms with van der Waals surface area (Å²) in [5, 5.41) is 19.0. The van der Waals surface area contributed by atoms with E-state index in [2.05, 4.69) is 25.6 Å². The predicted molar refractivity (Wildman–Crippen MR) is 104 cm³/mol. The van der Waals surface area contributed by atoms with Gasteiger partial charge in [-0.25, -0.2) is 4.39 Å². The van der Waals surface area contributed by atoms with Crippen LogP contribution in [0.25, 0.3) is 22.3 Å². The van der Waals surface area contributed by atoms with Crippen LogP contribution in [-0.2, 0) is 0 Å². The minimum atomic E-state index is -0.355. The Labute approximate surface area is 159 Å². The number of hydrogen-bond donors (Lipinski definition) is 3. The van der Waals surface area contributed by atoms with Crippen LogP contribution < -0.4 is 5.48 Å². The molecule has 0 aliphatic rings. The molecule has 0 amide bonds. The highest BCUT2D eigenvalue weighted by Crippen LogP contribution is 2.37. The molecule has 0 spiro atoms. The van der Waals surface area contributed by atoms with Gasteiger partial charge in [0.25, 0.3) is 0 Å². The Kier molecular flexibility index (Phi) is 5.35. The average Bonchev–Trinajstić information content (AvgIpc) is 2.65. The second-order valence-electron chi connectivity index (χ2n) is 5.78. The van der Waals surface area contributed by atoms with Gasteiger partial charge in [-0.1, -0.05) is 36.4 Å². The van der Waals surface area contributed by atoms with Gasteiger partial charge in [0.05, 0.1) is 16.1 Å². The van der Waals surface area contributed by atoms with Crippen molar-refractivity contribution in [3.8, 4) is 28.0 Å². The van der Waals surface area contributed by atoms with E-state index >= 15 is 0 Å². The van der Waals surface area contributed by atoms with E-state index in [1.807, 2.05) is 19.1 Å². The van der Waals surface area contributed by atoms with Gasteiger partial charge in [0.2, 0.25) is 0 Å². The van der Waals surface area contributed by atoms with Crippen LogP contribution in [0.15, 0.2) is 64.7 Å². The maximum atomic E-state index is 14.0. The molecule has 0 aliphatic carbocycles. The Morgan fingerprint density at radius 1 is 1.04 bits per heavy atom. The number of hydroxylamine groups is 1. The fraction of sp³-hybridized carbons (Fsp3) is 0.0500. The average molecular weight is 415 g/mol. The molecule has 0 unspecified atom stereocenters. The van der Waals surface area contributed by atoms with Crippen molar-refractivity contribution in [2.45, 2.75) is 6.92 Å². The molecule has 26 heavy (non-hydrogen) atoms. The zero-order valence-corrected chi connectivity index (χ0v) is 15.5. The first kappa shape index (κ1) is 18.1. The molecule has 0 atom stereocenters. The van der Waals surface area contributed by atoms with Crippen LogP contribution in [-0.4, -0.2) is 16.1 Å². The lowest BCUT2D eigenvalue weighted by Gasteiger charge is -2.18. The van der Waals surface area contributed by atoms with Gasteiger partial charge in [0.15, 0.2) is 5.84 Å². The zero-order chi connectivity index (χ0) is 18.7. The van der Waals surface area contributed by atoms with Gasteiger partial charge < -0.3 is 5.11 Å². The lowest BCUT2D eigenvalue weighted by molar-refractivity contribution is 0.235. The molecule has 0 fully saturated rings. The van der Waals surface area contributed by atoms with E-state index in [0.29, 0.717) is 11.1 Å². The lowest BCUT2D eigenvalue weighted by atomic mass is 9.88. The van der Waals surface area contributed by atoms with E-state index in [9.17, 15) is 14.7 Å². The molecule has 0 saturated heterocycles. The van der Waals surface area contributed by atoms with Crippen molar-refractivity contribution >= 4 is 22.0 Å². The fourth-order valence-electron chi connectivity index (χ4n) is 2.91. The van der Waals surface area contributed by atoms with Gasteiger partial charge in [-0.05, 0) is 53.4 Å². The highest BCUT2D eigenvalue weighted by molar-refractivity contribution is 9.08. The second-order valence-corrected chi connectivity index (χ2v) is 6.13. The number of nitrogens with zero attached hydrogens (tertiary/aromatic N) is 1. The molecule has 3 aromatic rings. The van der Waals surface area contributed by atoms with E-state index < -0.39 is 0 Å². The van der Waals surface area contributed by atoms with Gasteiger partial charge >= 0.3 is 0 Å². The van der Waals surface area contributed by atoms with Crippen LogP contribution >= 0.6 is 16.1 Å². The molecule has 3 aromatic carbocycles. The number of phenols is 1. The van der Waals surface area contributed by atoms with Crippen molar-refractivity contribution in [3.05, 3.63) is 77.6 Å². The van der Waals surface area contributed by atoms with Crippen LogP contribution in [0, 0.1) is 12.7 Å². The van der Waals surface area contributed by atoms with Crippen molar-refractivity contribution in [2.24, 2.45) is 4.02 Å². The summed E-state index contributed by atoms with van der Waals surface area (Å²) in [5.41, 5.74) is 6.62. The Bertz CT molecular complexity index is 972. The summed E-state index contributed by atoms with van der Waals surface area (Å²) in [6.07, 6.45) is 0. The molecule has 0 radical (unpaired) electrons. The molecule has 3 rings (SSSR count). The second kappa shape index (κ2) is 7.68. The topological polar surface area (TPSA) is 64.9 Å². The normalized spacial score (nSPS) is 11.5. The summed E-state index contributed by atoms with van der Waals surface area (Å²) < 4.78 is 17.9. The van der Waals surface area contributed by atoms with E-state index in [-0.39, 0.29) is 17.4 Å². The lowest BCUT2D eigenvalue weighted by Crippen LogP contribution is -2.20. The Morgan fingerprint density at radius 3 is 2.42 bits per heavy atom. The van der Waals surface area contributed by atoms with Crippen molar-refractivity contribution in [1.29, 1.82) is 0 Å². The van der Waals surface area contributed by atoms with E-state index in [0.717, 1.165) is 22.3 Å². The maximum absolute atomic E-state index is 14.0. The number of nitrogens with one attached hydrogen (secondary N) is 1. The van der Waals surface area contributed by atoms with Gasteiger partial charge in [0.1, 0.15) is 11.6 Å². The minimum Gasteiger partial charge on any atom is -0.508 e. The SMILES string of the molecule is Cc1ccc(F)cc1-c1c(C(=NBr)NO)cccc1-c1ccc(O)cc1. The van der Waals surface area contributed by atoms with Crippen LogP contribution in [0.3, 0.4) is 0 Å². The molecule has 4 nitrogen and oxygen atoms in total. The Balaban J connectivity index is 2.37. The van der Waals surface area contributed by atoms with Crippen LogP contribution in [0.5, 0.6) is 5.75 Å². The van der Waals surface area contributed by atoms with Crippen LogP contribution in [0.4, 0.5) is 4.39 Å². The van der Waals surface area contributed by atoms with Gasteiger partial charge in [-0.2, -0.15) is 4.02 Å². The van der Waals surface area contributed by atoms with Crippen LogP contribution in [0.2, 0.25) is 0 Å². The van der Waals surface area contributed by atoms with E-state index in [4.69, 9.17) is 0 Å². The quantitative estimate of drug-likeness (QED) is 0.313. The maximum Gasteiger partial charge on any atom is 0.165 e. The van der Waals surface area contributed by atoms with Crippen LogP contribution in [0.1, 0.15) is 11.1 Å². The third-order valence-electron chi connectivity index (χ3n) is 4.16. The number of rotatable bonds is 3. The summed E-state index contributed by atoms with van der Waals surface area (Å²) in [7, 11) is 0. The third kappa shape index (κ3) is 3.47. The molecule has 3 N–H and O–H groups in total. The molecule has 132 valence electrons. The highest BCUT2D eigenvalue weighted by atomic mass is 79.9. The summed E-state index contributed by atoms with van der Waals surface area (Å²) in [5.74, 6) is 0.00348. The summed E-state index contributed by atoms with van der Waals surface area (Å²) in [4.78, 5) is 0. The smallest absolute Gasteiger partial charge is 0.165 e. The molecular weight excluding hydrogens is 399 g/mol. The van der Waals surface area contributed by atoms with Crippen molar-refractivity contribution < 1.29 is 14.7 Å². The molecule has 0 bridgehead atoms. The molecule has 6 heteroatoms. The first-order valence-corrected chi connectivity index (χ1v) is 8.54. The van der Waals surface area contributed by atoms with E-state index in [1.54, 1.807) is 36.4 Å². The minimum absolute atomic E-state index is 0.160. The molecular formula is C20H16BrFN2O2. The monoisotopic (exact) mass is 414 g/mol. The number of halogens is 2. The number of aryl methyl sites for hydroxylation is 1. The largest absolute Gasteiger partial charge is 0.508 e. The first-order valence-electron chi connectivity index (χ1n) is 7.83. The van der Waals surface area contributed by atoms with Crippen molar-refractivity contribution in [3.63, 3.8) is 0 Å². The van der Waals surface area contributed by atoms with Gasteiger partial charge in [-0.3, -0.25) is 10.7 Å². The number of benzene rings is 3. The number of hydrogen-bond acceptors (Lipinski definition) is 3. The molecule has 0 aliphatic heterocycles. The fourth-order valence-corrected chi connectivity index (χ4v) is 3.18. The highest BCUT2D eigenvalue weighted by Gasteiger charge is 2.18. The Hall–Kier alpha value is -2.70. The van der Waals surface area contributed by atoms with Gasteiger partial charge in [-0.15, -0.1) is 0 Å².